The number of hydrogen-bond acceptors (Lipinski definition) is 2. The van der Waals surface area contributed by atoms with Crippen molar-refractivity contribution in [3.8, 4) is 0 Å². The average Bonchev–Trinajstić information content (AvgIpc) is 2.49. The molecule has 3 aromatic rings. The lowest BCUT2D eigenvalue weighted by molar-refractivity contribution is 0.102. The van der Waals surface area contributed by atoms with Crippen molar-refractivity contribution in [3.05, 3.63) is 69.9 Å². The van der Waals surface area contributed by atoms with Crippen molar-refractivity contribution in [1.82, 2.24) is 4.98 Å². The monoisotopic (exact) mass is 374 g/mol. The fourth-order valence-electron chi connectivity index (χ4n) is 2.02. The van der Waals surface area contributed by atoms with Gasteiger partial charge in [0.15, 0.2) is 0 Å². The Morgan fingerprint density at radius 1 is 1.00 bits per heavy atom. The first-order valence-corrected chi connectivity index (χ1v) is 7.22. The molecule has 3 rings (SSSR count). The van der Waals surface area contributed by atoms with Crippen LogP contribution in [-0.2, 0) is 0 Å². The first-order valence-electron chi connectivity index (χ1n) is 6.15. The minimum atomic E-state index is -0.143. The Labute approximate surface area is 130 Å². The van der Waals surface area contributed by atoms with Gasteiger partial charge in [0, 0.05) is 20.8 Å². The molecule has 98 valence electrons. The summed E-state index contributed by atoms with van der Waals surface area (Å²) >= 11 is 2.23. The number of halogens is 1. The topological polar surface area (TPSA) is 42.0 Å². The summed E-state index contributed by atoms with van der Waals surface area (Å²) in [4.78, 5) is 16.7. The molecular weight excluding hydrogens is 363 g/mol. The predicted octanol–water partition coefficient (Wildman–Crippen LogP) is 4.09. The fraction of sp³-hybridized carbons (Fsp3) is 0. The zero-order valence-corrected chi connectivity index (χ0v) is 12.7. The van der Waals surface area contributed by atoms with E-state index in [1.54, 1.807) is 12.3 Å². The molecule has 2 aromatic carbocycles. The SMILES string of the molecule is O=C(Nc1ccc(I)cc1)c1cccc2cccnc12. The van der Waals surface area contributed by atoms with Crippen LogP contribution in [0.5, 0.6) is 0 Å². The van der Waals surface area contributed by atoms with Crippen LogP contribution in [0.4, 0.5) is 5.69 Å². The second kappa shape index (κ2) is 5.58. The number of anilines is 1. The quantitative estimate of drug-likeness (QED) is 0.687. The number of benzene rings is 2. The number of hydrogen-bond donors (Lipinski definition) is 1. The van der Waals surface area contributed by atoms with Crippen LogP contribution in [0.25, 0.3) is 10.9 Å². The molecule has 0 radical (unpaired) electrons. The van der Waals surface area contributed by atoms with Crippen LogP contribution in [0.3, 0.4) is 0 Å². The van der Waals surface area contributed by atoms with Gasteiger partial charge in [-0.1, -0.05) is 18.2 Å². The molecule has 0 saturated carbocycles. The maximum Gasteiger partial charge on any atom is 0.257 e. The Bertz CT molecular complexity index is 764. The highest BCUT2D eigenvalue weighted by atomic mass is 127. The van der Waals surface area contributed by atoms with E-state index in [0.29, 0.717) is 5.56 Å². The summed E-state index contributed by atoms with van der Waals surface area (Å²) in [5.74, 6) is -0.143. The smallest absolute Gasteiger partial charge is 0.257 e. The largest absolute Gasteiger partial charge is 0.322 e. The van der Waals surface area contributed by atoms with Gasteiger partial charge < -0.3 is 5.32 Å². The van der Waals surface area contributed by atoms with Gasteiger partial charge in [0.2, 0.25) is 0 Å². The fourth-order valence-corrected chi connectivity index (χ4v) is 2.38. The third-order valence-electron chi connectivity index (χ3n) is 2.98. The number of pyridine rings is 1. The number of aromatic nitrogens is 1. The highest BCUT2D eigenvalue weighted by molar-refractivity contribution is 14.1. The third kappa shape index (κ3) is 2.65. The second-order valence-corrected chi connectivity index (χ2v) is 5.59. The number of nitrogens with one attached hydrogen (secondary N) is 1. The van der Waals surface area contributed by atoms with Gasteiger partial charge in [-0.2, -0.15) is 0 Å². The van der Waals surface area contributed by atoms with E-state index < -0.39 is 0 Å². The van der Waals surface area contributed by atoms with Gasteiger partial charge >= 0.3 is 0 Å². The van der Waals surface area contributed by atoms with Crippen LogP contribution in [0, 0.1) is 3.57 Å². The maximum atomic E-state index is 12.4. The number of fused-ring (bicyclic) bond motifs is 1. The van der Waals surface area contributed by atoms with Crippen LogP contribution in [0.15, 0.2) is 60.8 Å². The molecule has 0 unspecified atom stereocenters. The normalized spacial score (nSPS) is 10.4. The van der Waals surface area contributed by atoms with Crippen LogP contribution in [-0.4, -0.2) is 10.9 Å². The first-order chi connectivity index (χ1) is 9.74. The summed E-state index contributed by atoms with van der Waals surface area (Å²) in [5.41, 5.74) is 2.09. The molecule has 1 N–H and O–H groups in total. The van der Waals surface area contributed by atoms with E-state index in [0.717, 1.165) is 20.2 Å². The van der Waals surface area contributed by atoms with Crippen LogP contribution in [0.1, 0.15) is 10.4 Å². The second-order valence-electron chi connectivity index (χ2n) is 4.34. The van der Waals surface area contributed by atoms with Crippen molar-refractivity contribution in [2.45, 2.75) is 0 Å². The molecule has 0 fully saturated rings. The number of carbonyl (C=O) groups excluding carboxylic acids is 1. The molecule has 0 aliphatic heterocycles. The van der Waals surface area contributed by atoms with Gasteiger partial charge in [-0.3, -0.25) is 9.78 Å². The van der Waals surface area contributed by atoms with Crippen molar-refractivity contribution < 1.29 is 4.79 Å². The zero-order chi connectivity index (χ0) is 13.9. The van der Waals surface area contributed by atoms with Crippen molar-refractivity contribution in [2.24, 2.45) is 0 Å². The highest BCUT2D eigenvalue weighted by Crippen LogP contribution is 2.18. The summed E-state index contributed by atoms with van der Waals surface area (Å²) in [5, 5.41) is 3.86. The summed E-state index contributed by atoms with van der Waals surface area (Å²) < 4.78 is 1.13. The molecule has 0 aliphatic rings. The molecule has 1 aromatic heterocycles. The number of nitrogens with zero attached hydrogens (tertiary/aromatic N) is 1. The van der Waals surface area contributed by atoms with Crippen molar-refractivity contribution in [1.29, 1.82) is 0 Å². The standard InChI is InChI=1S/C16H11IN2O/c17-12-6-8-13(9-7-12)19-16(20)14-5-1-3-11-4-2-10-18-15(11)14/h1-10H,(H,19,20). The third-order valence-corrected chi connectivity index (χ3v) is 3.70. The van der Waals surface area contributed by atoms with Crippen molar-refractivity contribution in [3.63, 3.8) is 0 Å². The summed E-state index contributed by atoms with van der Waals surface area (Å²) in [7, 11) is 0. The van der Waals surface area contributed by atoms with Gasteiger partial charge in [0.05, 0.1) is 11.1 Å². The van der Waals surface area contributed by atoms with Gasteiger partial charge in [0.1, 0.15) is 0 Å². The number of carbonyl (C=O) groups is 1. The van der Waals surface area contributed by atoms with Crippen LogP contribution < -0.4 is 5.32 Å². The van der Waals surface area contributed by atoms with E-state index >= 15 is 0 Å². The number of para-hydroxylation sites is 1. The Kier molecular flexibility index (Phi) is 3.64. The van der Waals surface area contributed by atoms with Gasteiger partial charge in [-0.15, -0.1) is 0 Å². The van der Waals surface area contributed by atoms with Crippen molar-refractivity contribution in [2.75, 3.05) is 5.32 Å². The van der Waals surface area contributed by atoms with Gasteiger partial charge in [0.25, 0.3) is 5.91 Å². The average molecular weight is 374 g/mol. The predicted molar refractivity (Wildman–Crippen MR) is 88.9 cm³/mol. The molecular formula is C16H11IN2O. The Morgan fingerprint density at radius 2 is 1.75 bits per heavy atom. The zero-order valence-electron chi connectivity index (χ0n) is 10.5. The van der Waals surface area contributed by atoms with Crippen LogP contribution in [0.2, 0.25) is 0 Å². The molecule has 0 atom stereocenters. The summed E-state index contributed by atoms with van der Waals surface area (Å²) in [6.45, 7) is 0. The van der Waals surface area contributed by atoms with E-state index in [1.807, 2.05) is 48.5 Å². The van der Waals surface area contributed by atoms with E-state index in [1.165, 1.54) is 0 Å². The lowest BCUT2D eigenvalue weighted by Gasteiger charge is -2.07. The molecule has 20 heavy (non-hydrogen) atoms. The Morgan fingerprint density at radius 3 is 2.55 bits per heavy atom. The molecule has 0 saturated heterocycles. The van der Waals surface area contributed by atoms with Crippen molar-refractivity contribution >= 4 is 45.1 Å². The lowest BCUT2D eigenvalue weighted by Crippen LogP contribution is -2.12. The number of amides is 1. The molecule has 4 heteroatoms. The molecule has 0 aliphatic carbocycles. The Balaban J connectivity index is 1.94. The van der Waals surface area contributed by atoms with Gasteiger partial charge in [-0.25, -0.2) is 0 Å². The minimum Gasteiger partial charge on any atom is -0.322 e. The summed E-state index contributed by atoms with van der Waals surface area (Å²) in [6, 6.07) is 17.1. The molecule has 3 nitrogen and oxygen atoms in total. The molecule has 1 heterocycles. The molecule has 0 bridgehead atoms. The van der Waals surface area contributed by atoms with E-state index in [9.17, 15) is 4.79 Å². The van der Waals surface area contributed by atoms with E-state index in [4.69, 9.17) is 0 Å². The summed E-state index contributed by atoms with van der Waals surface area (Å²) in [6.07, 6.45) is 1.70. The van der Waals surface area contributed by atoms with E-state index in [2.05, 4.69) is 32.9 Å². The minimum absolute atomic E-state index is 0.143. The molecule has 1 amide bonds. The first kappa shape index (κ1) is 13.1. The van der Waals surface area contributed by atoms with Gasteiger partial charge in [-0.05, 0) is 59.0 Å². The Hall–Kier alpha value is -1.95. The van der Waals surface area contributed by atoms with Crippen LogP contribution >= 0.6 is 22.6 Å². The lowest BCUT2D eigenvalue weighted by atomic mass is 10.1. The highest BCUT2D eigenvalue weighted by Gasteiger charge is 2.10. The van der Waals surface area contributed by atoms with E-state index in [-0.39, 0.29) is 5.91 Å². The maximum absolute atomic E-state index is 12.4. The molecule has 0 spiro atoms. The number of rotatable bonds is 2.